The zero-order valence-corrected chi connectivity index (χ0v) is 18.5. The second-order valence-electron chi connectivity index (χ2n) is 7.82. The van der Waals surface area contributed by atoms with Gasteiger partial charge in [-0.05, 0) is 60.2 Å². The fraction of sp³-hybridized carbons (Fsp3) is 0.174. The van der Waals surface area contributed by atoms with Crippen LogP contribution in [-0.4, -0.2) is 29.9 Å². The molecule has 164 valence electrons. The number of sulfonamides is 1. The second-order valence-corrected chi connectivity index (χ2v) is 9.55. The average molecular weight is 451 g/mol. The quantitative estimate of drug-likeness (QED) is 0.581. The van der Waals surface area contributed by atoms with Gasteiger partial charge >= 0.3 is 5.69 Å². The predicted molar refractivity (Wildman–Crippen MR) is 126 cm³/mol. The molecule has 32 heavy (non-hydrogen) atoms. The highest BCUT2D eigenvalue weighted by atomic mass is 32.2. The largest absolute Gasteiger partial charge is 0.332 e. The summed E-state index contributed by atoms with van der Waals surface area (Å²) in [4.78, 5) is 28.2. The summed E-state index contributed by atoms with van der Waals surface area (Å²) in [6.45, 7) is 5.91. The number of nitrogens with zero attached hydrogens (tertiary/aromatic N) is 2. The van der Waals surface area contributed by atoms with Crippen molar-refractivity contribution in [3.8, 4) is 16.8 Å². The van der Waals surface area contributed by atoms with Crippen molar-refractivity contribution in [1.29, 1.82) is 0 Å². The summed E-state index contributed by atoms with van der Waals surface area (Å²) in [5.74, 6) is 0. The highest BCUT2D eigenvalue weighted by Gasteiger charge is 2.19. The lowest BCUT2D eigenvalue weighted by molar-refractivity contribution is 0.590. The van der Waals surface area contributed by atoms with E-state index in [0.29, 0.717) is 17.8 Å². The average Bonchev–Trinajstić information content (AvgIpc) is 3.13. The zero-order valence-electron chi connectivity index (χ0n) is 17.7. The van der Waals surface area contributed by atoms with Crippen LogP contribution >= 0.6 is 0 Å². The molecule has 1 heterocycles. The summed E-state index contributed by atoms with van der Waals surface area (Å²) in [6, 6.07) is 12.9. The number of hydrogen-bond donors (Lipinski definition) is 2. The van der Waals surface area contributed by atoms with Gasteiger partial charge in [-0.15, -0.1) is 0 Å². The summed E-state index contributed by atoms with van der Waals surface area (Å²) in [6.07, 6.45) is 3.91. The van der Waals surface area contributed by atoms with Gasteiger partial charge in [0, 0.05) is 17.8 Å². The van der Waals surface area contributed by atoms with Gasteiger partial charge in [0.1, 0.15) is 0 Å². The molecule has 0 fully saturated rings. The number of aromatic amines is 1. The minimum absolute atomic E-state index is 0.455. The zero-order chi connectivity index (χ0) is 23.0. The number of rotatable bonds is 5. The number of allylic oxidation sites excluding steroid dienone is 1. The number of nitrogens with one attached hydrogen (secondary N) is 2. The third-order valence-corrected chi connectivity index (χ3v) is 5.66. The van der Waals surface area contributed by atoms with Gasteiger partial charge in [0.15, 0.2) is 0 Å². The summed E-state index contributed by atoms with van der Waals surface area (Å²) in [5, 5.41) is 4.05. The summed E-state index contributed by atoms with van der Waals surface area (Å²) < 4.78 is 24.1. The molecule has 1 aromatic heterocycles. The smallest absolute Gasteiger partial charge is 0.274 e. The third-order valence-electron chi connectivity index (χ3n) is 5.24. The van der Waals surface area contributed by atoms with Crippen LogP contribution in [0.3, 0.4) is 0 Å². The van der Waals surface area contributed by atoms with Crippen LogP contribution in [0.5, 0.6) is 0 Å². The Morgan fingerprint density at radius 1 is 1.09 bits per heavy atom. The Bertz CT molecular complexity index is 1500. The Morgan fingerprint density at radius 3 is 2.56 bits per heavy atom. The van der Waals surface area contributed by atoms with E-state index < -0.39 is 21.3 Å². The van der Waals surface area contributed by atoms with Gasteiger partial charge < -0.3 is 0 Å². The van der Waals surface area contributed by atoms with Crippen molar-refractivity contribution in [3.05, 3.63) is 92.8 Å². The molecule has 1 aliphatic rings. The van der Waals surface area contributed by atoms with E-state index in [1.807, 2.05) is 37.3 Å². The molecule has 8 nitrogen and oxygen atoms in total. The highest BCUT2D eigenvalue weighted by Crippen LogP contribution is 2.31. The first kappa shape index (κ1) is 21.5. The minimum atomic E-state index is -3.41. The maximum atomic E-state index is 12.3. The van der Waals surface area contributed by atoms with Gasteiger partial charge in [0.05, 0.1) is 17.7 Å². The molecule has 0 unspecified atom stereocenters. The number of benzene rings is 2. The fourth-order valence-electron chi connectivity index (χ4n) is 3.69. The van der Waals surface area contributed by atoms with E-state index >= 15 is 0 Å². The van der Waals surface area contributed by atoms with Crippen molar-refractivity contribution < 1.29 is 8.42 Å². The molecule has 0 radical (unpaired) electrons. The van der Waals surface area contributed by atoms with E-state index in [1.165, 1.54) is 16.8 Å². The molecular weight excluding hydrogens is 428 g/mol. The van der Waals surface area contributed by atoms with E-state index in [4.69, 9.17) is 0 Å². The van der Waals surface area contributed by atoms with Gasteiger partial charge in [-0.3, -0.25) is 14.3 Å². The molecule has 0 spiro atoms. The molecular formula is C23H22N4O4S. The molecule has 0 bridgehead atoms. The maximum Gasteiger partial charge on any atom is 0.332 e. The van der Waals surface area contributed by atoms with Crippen molar-refractivity contribution in [2.75, 3.05) is 6.26 Å². The van der Waals surface area contributed by atoms with E-state index in [0.717, 1.165) is 46.1 Å². The molecule has 4 rings (SSSR count). The van der Waals surface area contributed by atoms with Crippen molar-refractivity contribution in [3.63, 3.8) is 0 Å². The summed E-state index contributed by atoms with van der Waals surface area (Å²) in [5.41, 5.74) is 5.88. The monoisotopic (exact) mass is 450 g/mol. The molecule has 1 aliphatic carbocycles. The summed E-state index contributed by atoms with van der Waals surface area (Å²) in [7, 11) is -3.41. The van der Waals surface area contributed by atoms with Crippen LogP contribution in [0.25, 0.3) is 22.4 Å². The maximum absolute atomic E-state index is 12.3. The van der Waals surface area contributed by atoms with Crippen molar-refractivity contribution >= 4 is 21.3 Å². The topological polar surface area (TPSA) is 113 Å². The molecule has 0 amide bonds. The third kappa shape index (κ3) is 4.47. The number of aryl methyl sites for hydroxylation is 1. The Morgan fingerprint density at radius 2 is 1.88 bits per heavy atom. The van der Waals surface area contributed by atoms with Crippen LogP contribution in [0.2, 0.25) is 0 Å². The number of aromatic nitrogens is 2. The first-order valence-electron chi connectivity index (χ1n) is 9.91. The lowest BCUT2D eigenvalue weighted by Crippen LogP contribution is -2.27. The lowest BCUT2D eigenvalue weighted by Gasteiger charge is -2.13. The van der Waals surface area contributed by atoms with E-state index in [9.17, 15) is 18.0 Å². The first-order chi connectivity index (χ1) is 15.1. The normalized spacial score (nSPS) is 14.4. The first-order valence-corrected chi connectivity index (χ1v) is 11.8. The number of fused-ring (bicyclic) bond motifs is 1. The van der Waals surface area contributed by atoms with Crippen LogP contribution in [0.15, 0.2) is 69.9 Å². The minimum Gasteiger partial charge on any atom is -0.274 e. The Labute approximate surface area is 185 Å². The molecule has 3 aromatic rings. The van der Waals surface area contributed by atoms with Crippen molar-refractivity contribution in [2.45, 2.75) is 19.8 Å². The van der Waals surface area contributed by atoms with Crippen LogP contribution in [0, 0.1) is 0 Å². The number of hydrogen-bond acceptors (Lipinski definition) is 5. The molecule has 0 saturated heterocycles. The van der Waals surface area contributed by atoms with Gasteiger partial charge in [0.2, 0.25) is 10.0 Å². The summed E-state index contributed by atoms with van der Waals surface area (Å²) >= 11 is 0. The molecule has 2 aromatic carbocycles. The molecule has 2 N–H and O–H groups in total. The van der Waals surface area contributed by atoms with Crippen LogP contribution in [-0.2, 0) is 16.4 Å². The Balaban J connectivity index is 1.79. The van der Waals surface area contributed by atoms with Gasteiger partial charge in [-0.2, -0.15) is 5.10 Å². The van der Waals surface area contributed by atoms with Crippen LogP contribution in [0.4, 0.5) is 0 Å². The van der Waals surface area contributed by atoms with Crippen molar-refractivity contribution in [2.24, 2.45) is 5.10 Å². The highest BCUT2D eigenvalue weighted by molar-refractivity contribution is 7.88. The van der Waals surface area contributed by atoms with Crippen molar-refractivity contribution in [1.82, 2.24) is 14.4 Å². The van der Waals surface area contributed by atoms with Crippen LogP contribution < -0.4 is 16.1 Å². The predicted octanol–water partition coefficient (Wildman–Crippen LogP) is 2.43. The van der Waals surface area contributed by atoms with Gasteiger partial charge in [-0.1, -0.05) is 30.4 Å². The fourth-order valence-corrected chi connectivity index (χ4v) is 3.96. The van der Waals surface area contributed by atoms with E-state index in [-0.39, 0.29) is 0 Å². The molecule has 9 heteroatoms. The number of H-pyrrole nitrogens is 1. The molecule has 0 aliphatic heterocycles. The Kier molecular flexibility index (Phi) is 5.43. The molecule has 0 atom stereocenters. The van der Waals surface area contributed by atoms with E-state index in [1.54, 1.807) is 0 Å². The lowest BCUT2D eigenvalue weighted by atomic mass is 9.96. The number of hydrazone groups is 1. The standard InChI is InChI=1S/C23H22N4O4S/c1-14(2)17-11-18(13-19(12-17)27-9-8-22(28)24-23(27)29)15-4-6-20-16(10-15)5-7-21(20)25-26-32(3,30)31/h4,6,8-13,26H,1,5,7H2,2-3H3,(H,24,28,29)/b25-21+. The SMILES string of the molecule is C=C(C)c1cc(-c2ccc3c(c2)CC/C3=N\NS(C)(=O)=O)cc(-n2ccc(=O)[nH]c2=O)c1. The Hall–Kier alpha value is -3.72. The van der Waals surface area contributed by atoms with Crippen LogP contribution in [0.1, 0.15) is 30.0 Å². The second kappa shape index (κ2) is 8.08. The van der Waals surface area contributed by atoms with Gasteiger partial charge in [0.25, 0.3) is 5.56 Å². The van der Waals surface area contributed by atoms with Gasteiger partial charge in [-0.25, -0.2) is 18.0 Å². The van der Waals surface area contributed by atoms with E-state index in [2.05, 4.69) is 27.6 Å². The molecule has 0 saturated carbocycles.